The Morgan fingerprint density at radius 1 is 0.969 bits per heavy atom. The number of rotatable bonds is 6. The second-order valence-electron chi connectivity index (χ2n) is 7.61. The molecule has 32 heavy (non-hydrogen) atoms. The van der Waals surface area contributed by atoms with Gasteiger partial charge in [-0.3, -0.25) is 14.5 Å². The number of aliphatic hydroxyl groups is 1. The molecule has 0 aliphatic carbocycles. The summed E-state index contributed by atoms with van der Waals surface area (Å²) in [5.41, 5.74) is 2.27. The molecular formula is C24H24N4O4. The van der Waals surface area contributed by atoms with E-state index in [1.54, 1.807) is 55.6 Å². The summed E-state index contributed by atoms with van der Waals surface area (Å²) in [5.74, 6) is -0.104. The molecule has 0 spiro atoms. The summed E-state index contributed by atoms with van der Waals surface area (Å²) in [6, 6.07) is 15.5. The molecule has 2 amide bonds. The number of methoxy groups -OCH3 is 1. The van der Waals surface area contributed by atoms with Crippen molar-refractivity contribution < 1.29 is 19.4 Å². The van der Waals surface area contributed by atoms with Gasteiger partial charge < -0.3 is 14.7 Å². The van der Waals surface area contributed by atoms with Crippen LogP contribution in [0.25, 0.3) is 5.57 Å². The van der Waals surface area contributed by atoms with Crippen molar-refractivity contribution in [3.05, 3.63) is 65.4 Å². The molecule has 1 fully saturated rings. The number of hydrogen-bond acceptors (Lipinski definition) is 7. The van der Waals surface area contributed by atoms with Gasteiger partial charge in [-0.15, -0.1) is 0 Å². The molecule has 1 N–H and O–H groups in total. The molecule has 0 aromatic heterocycles. The summed E-state index contributed by atoms with van der Waals surface area (Å²) in [7, 11) is 1.57. The summed E-state index contributed by atoms with van der Waals surface area (Å²) in [5, 5.41) is 18.3. The third kappa shape index (κ3) is 3.96. The number of piperazine rings is 1. The van der Waals surface area contributed by atoms with Gasteiger partial charge in [-0.2, -0.15) is 5.26 Å². The first-order chi connectivity index (χ1) is 15.6. The molecule has 164 valence electrons. The number of carbonyl (C=O) groups is 2. The number of carbonyl (C=O) groups excluding carboxylic acids is 2. The molecule has 0 bridgehead atoms. The normalized spacial score (nSPS) is 17.2. The molecule has 0 atom stereocenters. The Bertz CT molecular complexity index is 1080. The molecule has 2 aliphatic rings. The number of β-amino-alcohol motifs (C(OH)–C–C–N with tert-alkyl or cyclic N) is 1. The largest absolute Gasteiger partial charge is 0.497 e. The van der Waals surface area contributed by atoms with E-state index < -0.39 is 5.91 Å². The van der Waals surface area contributed by atoms with Crippen molar-refractivity contribution in [2.75, 3.05) is 51.3 Å². The van der Waals surface area contributed by atoms with Crippen LogP contribution in [0, 0.1) is 11.3 Å². The Kier molecular flexibility index (Phi) is 6.21. The fourth-order valence-corrected chi connectivity index (χ4v) is 4.09. The minimum atomic E-state index is -0.391. The van der Waals surface area contributed by atoms with Crippen molar-refractivity contribution in [3.63, 3.8) is 0 Å². The minimum Gasteiger partial charge on any atom is -0.497 e. The third-order valence-electron chi connectivity index (χ3n) is 5.80. The number of anilines is 1. The number of aliphatic hydroxyl groups excluding tert-OH is 1. The SMILES string of the molecule is COc1ccc(C2=C(N3CCN(CCO)CC3)C(=O)N(c3ccc(C#N)cc3)C2=O)cc1. The third-order valence-corrected chi connectivity index (χ3v) is 5.80. The van der Waals surface area contributed by atoms with Crippen LogP contribution in [0.4, 0.5) is 5.69 Å². The fraction of sp³-hybridized carbons (Fsp3) is 0.292. The van der Waals surface area contributed by atoms with Crippen molar-refractivity contribution in [2.24, 2.45) is 0 Å². The Balaban J connectivity index is 1.72. The molecule has 0 saturated carbocycles. The van der Waals surface area contributed by atoms with Gasteiger partial charge in [-0.25, -0.2) is 4.90 Å². The second-order valence-corrected chi connectivity index (χ2v) is 7.61. The van der Waals surface area contributed by atoms with Gasteiger partial charge >= 0.3 is 0 Å². The van der Waals surface area contributed by atoms with Crippen LogP contribution in [-0.4, -0.2) is 73.2 Å². The van der Waals surface area contributed by atoms with Crippen molar-refractivity contribution in [2.45, 2.75) is 0 Å². The van der Waals surface area contributed by atoms with Gasteiger partial charge in [0.2, 0.25) is 0 Å². The van der Waals surface area contributed by atoms with Gasteiger partial charge in [0.25, 0.3) is 11.8 Å². The lowest BCUT2D eigenvalue weighted by Gasteiger charge is -2.36. The van der Waals surface area contributed by atoms with Crippen LogP contribution in [-0.2, 0) is 9.59 Å². The number of nitrogens with zero attached hydrogens (tertiary/aromatic N) is 4. The molecule has 4 rings (SSSR count). The van der Waals surface area contributed by atoms with Gasteiger partial charge in [0, 0.05) is 32.7 Å². The number of nitriles is 1. The van der Waals surface area contributed by atoms with Gasteiger partial charge in [-0.05, 0) is 42.0 Å². The van der Waals surface area contributed by atoms with Gasteiger partial charge in [0.05, 0.1) is 36.6 Å². The van der Waals surface area contributed by atoms with Crippen LogP contribution in [0.5, 0.6) is 5.75 Å². The van der Waals surface area contributed by atoms with Crippen molar-refractivity contribution in [3.8, 4) is 11.8 Å². The summed E-state index contributed by atoms with van der Waals surface area (Å²) < 4.78 is 5.23. The molecule has 2 heterocycles. The van der Waals surface area contributed by atoms with E-state index in [0.29, 0.717) is 66.6 Å². The average Bonchev–Trinajstić information content (AvgIpc) is 3.10. The fourth-order valence-electron chi connectivity index (χ4n) is 4.09. The monoisotopic (exact) mass is 432 g/mol. The van der Waals surface area contributed by atoms with E-state index in [0.717, 1.165) is 0 Å². The van der Waals surface area contributed by atoms with Gasteiger partial charge in [0.1, 0.15) is 11.4 Å². The maximum absolute atomic E-state index is 13.5. The number of amides is 2. The molecule has 8 heteroatoms. The molecule has 2 aromatic carbocycles. The second kappa shape index (κ2) is 9.22. The van der Waals surface area contributed by atoms with E-state index in [9.17, 15) is 14.7 Å². The van der Waals surface area contributed by atoms with Crippen LogP contribution in [0.1, 0.15) is 11.1 Å². The predicted molar refractivity (Wildman–Crippen MR) is 119 cm³/mol. The zero-order valence-corrected chi connectivity index (χ0v) is 17.8. The molecule has 0 radical (unpaired) electrons. The van der Waals surface area contributed by atoms with E-state index in [1.807, 2.05) is 11.0 Å². The first-order valence-electron chi connectivity index (χ1n) is 10.4. The highest BCUT2D eigenvalue weighted by molar-refractivity contribution is 6.45. The van der Waals surface area contributed by atoms with Crippen molar-refractivity contribution in [1.29, 1.82) is 5.26 Å². The first kappa shape index (κ1) is 21.6. The number of hydrogen-bond donors (Lipinski definition) is 1. The van der Waals surface area contributed by atoms with Crippen LogP contribution in [0.15, 0.2) is 54.2 Å². The average molecular weight is 432 g/mol. The van der Waals surface area contributed by atoms with E-state index in [-0.39, 0.29) is 12.5 Å². The first-order valence-corrected chi connectivity index (χ1v) is 10.4. The quantitative estimate of drug-likeness (QED) is 0.691. The van der Waals surface area contributed by atoms with E-state index >= 15 is 0 Å². The van der Waals surface area contributed by atoms with E-state index in [4.69, 9.17) is 10.00 Å². The molecule has 8 nitrogen and oxygen atoms in total. The standard InChI is InChI=1S/C24H24N4O4/c1-32-20-8-4-18(5-9-20)21-22(27-12-10-26(11-13-27)14-15-29)24(31)28(23(21)30)19-6-2-17(16-25)3-7-19/h2-9,29H,10-15H2,1H3. The van der Waals surface area contributed by atoms with Crippen molar-refractivity contribution >= 4 is 23.1 Å². The lowest BCUT2D eigenvalue weighted by atomic mass is 10.0. The van der Waals surface area contributed by atoms with Crippen LogP contribution in [0.3, 0.4) is 0 Å². The maximum atomic E-state index is 13.5. The van der Waals surface area contributed by atoms with E-state index in [2.05, 4.69) is 4.90 Å². The van der Waals surface area contributed by atoms with Gasteiger partial charge in [-0.1, -0.05) is 12.1 Å². The Hall–Kier alpha value is -3.67. The predicted octanol–water partition coefficient (Wildman–Crippen LogP) is 1.46. The molecular weight excluding hydrogens is 408 g/mol. The summed E-state index contributed by atoms with van der Waals surface area (Å²) in [6.45, 7) is 3.22. The Morgan fingerprint density at radius 3 is 2.19 bits per heavy atom. The zero-order valence-electron chi connectivity index (χ0n) is 17.8. The van der Waals surface area contributed by atoms with Crippen LogP contribution in [0.2, 0.25) is 0 Å². The summed E-state index contributed by atoms with van der Waals surface area (Å²) >= 11 is 0. The van der Waals surface area contributed by atoms with E-state index in [1.165, 1.54) is 4.90 Å². The molecule has 0 unspecified atom stereocenters. The number of imide groups is 1. The topological polar surface area (TPSA) is 97.1 Å². The molecule has 2 aromatic rings. The number of ether oxygens (including phenoxy) is 1. The highest BCUT2D eigenvalue weighted by atomic mass is 16.5. The highest BCUT2D eigenvalue weighted by Crippen LogP contribution is 2.35. The highest BCUT2D eigenvalue weighted by Gasteiger charge is 2.43. The molecule has 1 saturated heterocycles. The Labute approximate surface area is 186 Å². The van der Waals surface area contributed by atoms with Gasteiger partial charge in [0.15, 0.2) is 0 Å². The smallest absolute Gasteiger partial charge is 0.282 e. The summed E-state index contributed by atoms with van der Waals surface area (Å²) in [6.07, 6.45) is 0. The maximum Gasteiger partial charge on any atom is 0.282 e. The summed E-state index contributed by atoms with van der Waals surface area (Å²) in [4.78, 5) is 32.3. The zero-order chi connectivity index (χ0) is 22.7. The van der Waals surface area contributed by atoms with Crippen LogP contribution < -0.4 is 9.64 Å². The molecule has 2 aliphatic heterocycles. The number of benzene rings is 2. The minimum absolute atomic E-state index is 0.0870. The Morgan fingerprint density at radius 2 is 1.62 bits per heavy atom. The lowest BCUT2D eigenvalue weighted by Crippen LogP contribution is -2.48. The van der Waals surface area contributed by atoms with Crippen molar-refractivity contribution in [1.82, 2.24) is 9.80 Å². The van der Waals surface area contributed by atoms with Crippen LogP contribution >= 0.6 is 0 Å². The lowest BCUT2D eigenvalue weighted by molar-refractivity contribution is -0.120.